The maximum atomic E-state index is 12.7. The van der Waals surface area contributed by atoms with E-state index in [1.54, 1.807) is 28.8 Å². The number of carbonyl (C=O) groups excluding carboxylic acids is 1. The summed E-state index contributed by atoms with van der Waals surface area (Å²) in [7, 11) is 0. The van der Waals surface area contributed by atoms with Crippen molar-refractivity contribution < 1.29 is 14.3 Å². The second kappa shape index (κ2) is 6.60. The molecule has 2 aliphatic heterocycles. The molecule has 7 nitrogen and oxygen atoms in total. The van der Waals surface area contributed by atoms with Crippen LogP contribution in [0.25, 0.3) is 0 Å². The maximum absolute atomic E-state index is 12.7. The van der Waals surface area contributed by atoms with Crippen molar-refractivity contribution in [2.45, 2.75) is 37.9 Å². The van der Waals surface area contributed by atoms with E-state index < -0.39 is 0 Å². The summed E-state index contributed by atoms with van der Waals surface area (Å²) in [6, 6.07) is 6.86. The average molecular weight is 387 g/mol. The van der Waals surface area contributed by atoms with Gasteiger partial charge in [0.2, 0.25) is 12.7 Å². The van der Waals surface area contributed by atoms with Gasteiger partial charge in [-0.05, 0) is 12.1 Å². The molecule has 3 heterocycles. The number of anilines is 1. The molecule has 1 aromatic heterocycles. The largest absolute Gasteiger partial charge is 0.454 e. The van der Waals surface area contributed by atoms with Gasteiger partial charge in [-0.1, -0.05) is 32.5 Å². The Labute approximate surface area is 161 Å². The van der Waals surface area contributed by atoms with E-state index in [2.05, 4.69) is 10.3 Å². The van der Waals surface area contributed by atoms with Crippen LogP contribution in [0.3, 0.4) is 0 Å². The summed E-state index contributed by atoms with van der Waals surface area (Å²) >= 11 is 1.45. The van der Waals surface area contributed by atoms with Crippen molar-refractivity contribution >= 4 is 23.4 Å². The number of benzene rings is 1. The van der Waals surface area contributed by atoms with E-state index in [1.807, 2.05) is 20.8 Å². The van der Waals surface area contributed by atoms with Gasteiger partial charge in [0.05, 0.1) is 11.6 Å². The third-order valence-electron chi connectivity index (χ3n) is 4.57. The monoisotopic (exact) mass is 387 g/mol. The van der Waals surface area contributed by atoms with Crippen molar-refractivity contribution in [3.05, 3.63) is 40.3 Å². The summed E-state index contributed by atoms with van der Waals surface area (Å²) in [5.74, 6) is 1.43. The van der Waals surface area contributed by atoms with Gasteiger partial charge in [-0.25, -0.2) is 4.98 Å². The van der Waals surface area contributed by atoms with Gasteiger partial charge in [0.15, 0.2) is 16.7 Å². The Bertz CT molecular complexity index is 964. The Morgan fingerprint density at radius 3 is 2.81 bits per heavy atom. The first-order chi connectivity index (χ1) is 12.8. The molecule has 0 spiro atoms. The van der Waals surface area contributed by atoms with E-state index in [0.29, 0.717) is 34.6 Å². The number of hydrogen-bond donors (Lipinski definition) is 1. The van der Waals surface area contributed by atoms with Crippen LogP contribution in [0.4, 0.5) is 5.69 Å². The summed E-state index contributed by atoms with van der Waals surface area (Å²) in [5.41, 5.74) is 1.12. The Balaban J connectivity index is 1.51. The second-order valence-corrected chi connectivity index (χ2v) is 8.68. The molecule has 0 saturated heterocycles. The molecule has 1 N–H and O–H groups in total. The van der Waals surface area contributed by atoms with Crippen LogP contribution in [0.5, 0.6) is 11.5 Å². The van der Waals surface area contributed by atoms with E-state index in [0.717, 1.165) is 5.69 Å². The van der Waals surface area contributed by atoms with Crippen LogP contribution in [0.2, 0.25) is 0 Å². The Morgan fingerprint density at radius 1 is 1.26 bits per heavy atom. The van der Waals surface area contributed by atoms with Crippen LogP contribution in [-0.2, 0) is 16.8 Å². The number of amides is 1. The minimum atomic E-state index is -0.312. The summed E-state index contributed by atoms with van der Waals surface area (Å²) in [6.07, 6.45) is 0. The summed E-state index contributed by atoms with van der Waals surface area (Å²) in [6.45, 7) is 6.60. The van der Waals surface area contributed by atoms with Crippen molar-refractivity contribution in [2.24, 2.45) is 5.92 Å². The maximum Gasteiger partial charge on any atom is 0.254 e. The molecule has 142 valence electrons. The van der Waals surface area contributed by atoms with E-state index in [4.69, 9.17) is 9.47 Å². The van der Waals surface area contributed by atoms with Crippen molar-refractivity contribution in [3.8, 4) is 11.5 Å². The quantitative estimate of drug-likeness (QED) is 0.798. The van der Waals surface area contributed by atoms with Gasteiger partial charge in [0.25, 0.3) is 5.56 Å². The number of nitrogens with zero attached hydrogens (tertiary/aromatic N) is 2. The van der Waals surface area contributed by atoms with Gasteiger partial charge in [-0.3, -0.25) is 14.2 Å². The zero-order valence-corrected chi connectivity index (χ0v) is 16.3. The summed E-state index contributed by atoms with van der Waals surface area (Å²) < 4.78 is 12.2. The minimum absolute atomic E-state index is 0.113. The van der Waals surface area contributed by atoms with Crippen LogP contribution < -0.4 is 20.3 Å². The lowest BCUT2D eigenvalue weighted by molar-refractivity contribution is -0.119. The summed E-state index contributed by atoms with van der Waals surface area (Å²) in [5, 5.41) is 3.58. The first-order valence-corrected chi connectivity index (χ1v) is 9.75. The number of fused-ring (bicyclic) bond motifs is 2. The number of rotatable bonds is 2. The van der Waals surface area contributed by atoms with Gasteiger partial charge < -0.3 is 14.8 Å². The Morgan fingerprint density at radius 2 is 2.04 bits per heavy atom. The van der Waals surface area contributed by atoms with Crippen LogP contribution in [-0.4, -0.2) is 28.0 Å². The molecule has 2 aromatic rings. The standard InChI is InChI=1S/C19H21N3O4S/c1-19(2,3)15-7-16(23)22-8-11(9-27-18(22)21-15)17(24)20-12-4-5-13-14(6-12)26-10-25-13/h4-7,11H,8-10H2,1-3H3,(H,20,24). The number of hydrogen-bond acceptors (Lipinski definition) is 6. The lowest BCUT2D eigenvalue weighted by Crippen LogP contribution is -2.37. The van der Waals surface area contributed by atoms with E-state index >= 15 is 0 Å². The van der Waals surface area contributed by atoms with Gasteiger partial charge in [0.1, 0.15) is 0 Å². The average Bonchev–Trinajstić information content (AvgIpc) is 3.08. The minimum Gasteiger partial charge on any atom is -0.454 e. The molecular formula is C19H21N3O4S. The predicted octanol–water partition coefficient (Wildman–Crippen LogP) is 2.63. The highest BCUT2D eigenvalue weighted by molar-refractivity contribution is 7.99. The molecule has 0 radical (unpaired) electrons. The summed E-state index contributed by atoms with van der Waals surface area (Å²) in [4.78, 5) is 29.8. The van der Waals surface area contributed by atoms with Crippen molar-refractivity contribution in [2.75, 3.05) is 17.9 Å². The fraction of sp³-hybridized carbons (Fsp3) is 0.421. The zero-order valence-electron chi connectivity index (χ0n) is 15.4. The number of aromatic nitrogens is 2. The topological polar surface area (TPSA) is 82.5 Å². The molecule has 8 heteroatoms. The van der Waals surface area contributed by atoms with Gasteiger partial charge in [-0.2, -0.15) is 0 Å². The lowest BCUT2D eigenvalue weighted by Gasteiger charge is -2.26. The van der Waals surface area contributed by atoms with Crippen LogP contribution in [0.15, 0.2) is 34.2 Å². The molecule has 1 unspecified atom stereocenters. The number of thioether (sulfide) groups is 1. The third-order valence-corrected chi connectivity index (χ3v) is 5.71. The molecule has 1 amide bonds. The first kappa shape index (κ1) is 17.9. The molecule has 1 aromatic carbocycles. The highest BCUT2D eigenvalue weighted by Crippen LogP contribution is 2.35. The number of carbonyl (C=O) groups is 1. The molecule has 0 bridgehead atoms. The molecule has 4 rings (SSSR count). The molecule has 1 atom stereocenters. The zero-order chi connectivity index (χ0) is 19.2. The predicted molar refractivity (Wildman–Crippen MR) is 103 cm³/mol. The van der Waals surface area contributed by atoms with Gasteiger partial charge in [-0.15, -0.1) is 0 Å². The fourth-order valence-electron chi connectivity index (χ4n) is 2.97. The van der Waals surface area contributed by atoms with Crippen molar-refractivity contribution in [1.82, 2.24) is 9.55 Å². The Kier molecular flexibility index (Phi) is 4.38. The van der Waals surface area contributed by atoms with E-state index in [9.17, 15) is 9.59 Å². The number of ether oxygens (including phenoxy) is 2. The van der Waals surface area contributed by atoms with Crippen molar-refractivity contribution in [1.29, 1.82) is 0 Å². The van der Waals surface area contributed by atoms with Crippen LogP contribution in [0.1, 0.15) is 26.5 Å². The lowest BCUT2D eigenvalue weighted by atomic mass is 9.92. The van der Waals surface area contributed by atoms with Crippen LogP contribution in [0, 0.1) is 5.92 Å². The Hall–Kier alpha value is -2.48. The molecule has 0 fully saturated rings. The highest BCUT2D eigenvalue weighted by Gasteiger charge is 2.29. The fourth-order valence-corrected chi connectivity index (χ4v) is 4.06. The molecule has 0 aliphatic carbocycles. The molecule has 27 heavy (non-hydrogen) atoms. The van der Waals surface area contributed by atoms with Gasteiger partial charge in [0, 0.05) is 35.5 Å². The van der Waals surface area contributed by atoms with E-state index in [1.165, 1.54) is 11.8 Å². The normalized spacial score (nSPS) is 18.1. The second-order valence-electron chi connectivity index (χ2n) is 7.69. The smallest absolute Gasteiger partial charge is 0.254 e. The highest BCUT2D eigenvalue weighted by atomic mass is 32.2. The molecular weight excluding hydrogens is 366 g/mol. The number of nitrogens with one attached hydrogen (secondary N) is 1. The van der Waals surface area contributed by atoms with Gasteiger partial charge >= 0.3 is 0 Å². The van der Waals surface area contributed by atoms with E-state index in [-0.39, 0.29) is 29.6 Å². The first-order valence-electron chi connectivity index (χ1n) is 8.77. The van der Waals surface area contributed by atoms with Crippen molar-refractivity contribution in [3.63, 3.8) is 0 Å². The third kappa shape index (κ3) is 3.53. The molecule has 0 saturated carbocycles. The SMILES string of the molecule is CC(C)(C)c1cc(=O)n2c(n1)SCC(C(=O)Nc1ccc3c(c1)OCO3)C2. The van der Waals surface area contributed by atoms with Crippen LogP contribution >= 0.6 is 11.8 Å². The molecule has 2 aliphatic rings.